The van der Waals surface area contributed by atoms with Gasteiger partial charge in [-0.2, -0.15) is 7.82 Å². The molecule has 0 fully saturated rings. The highest BCUT2D eigenvalue weighted by Crippen LogP contribution is 2.60. The van der Waals surface area contributed by atoms with Gasteiger partial charge in [-0.3, -0.25) is 0 Å². The molecule has 0 saturated heterocycles. The van der Waals surface area contributed by atoms with Crippen LogP contribution in [0.4, 0.5) is 0 Å². The molecule has 0 heterocycles. The van der Waals surface area contributed by atoms with Crippen molar-refractivity contribution in [1.82, 2.24) is 0 Å². The van der Waals surface area contributed by atoms with Crippen molar-refractivity contribution in [1.29, 1.82) is 0 Å². The number of aryl methyl sites for hydroxylation is 9. The van der Waals surface area contributed by atoms with Crippen molar-refractivity contribution >= 4 is 77.4 Å². The van der Waals surface area contributed by atoms with Gasteiger partial charge in [-0.25, -0.2) is 0 Å². The van der Waals surface area contributed by atoms with E-state index in [2.05, 4.69) is 372 Å². The van der Waals surface area contributed by atoms with Gasteiger partial charge in [0.15, 0.2) is 0 Å². The molecule has 0 atom stereocenters. The Morgan fingerprint density at radius 2 is 0.315 bits per heavy atom. The first kappa shape index (κ1) is 68.4. The second-order valence-corrected chi connectivity index (χ2v) is 35.7. The number of hydrogen-bond donors (Lipinski definition) is 0. The average Bonchev–Trinajstić information content (AvgIpc) is 0.776. The van der Waals surface area contributed by atoms with Gasteiger partial charge in [-0.15, -0.1) is 0 Å². The van der Waals surface area contributed by atoms with Crippen LogP contribution >= 0.6 is 29.6 Å². The maximum atomic E-state index is 8.55. The van der Waals surface area contributed by atoms with Crippen LogP contribution in [0.15, 0.2) is 309 Å². The molecule has 0 aromatic heterocycles. The lowest BCUT2D eigenvalue weighted by Crippen LogP contribution is -2.32. The third kappa shape index (κ3) is 17.6. The lowest BCUT2D eigenvalue weighted by atomic mass is 10.2. The van der Waals surface area contributed by atoms with Gasteiger partial charge in [0, 0.05) is 0 Å². The van der Waals surface area contributed by atoms with E-state index in [-0.39, 0.29) is 0 Å². The Bertz CT molecular complexity index is 3480. The number of rotatable bonds is 15. The van der Waals surface area contributed by atoms with E-state index in [1.165, 1.54) is 115 Å². The molecule has 0 amide bonds. The molecule has 92 heavy (non-hydrogen) atoms. The summed E-state index contributed by atoms with van der Waals surface area (Å²) in [5.74, 6) is 0. The molecule has 12 rings (SSSR count). The second kappa shape index (κ2) is 31.6. The summed E-state index contributed by atoms with van der Waals surface area (Å²) in [6.45, 7) is 19.5. The Morgan fingerprint density at radius 3 is 0.424 bits per heavy atom. The van der Waals surface area contributed by atoms with Crippen LogP contribution in [0.25, 0.3) is 0 Å². The minimum absolute atomic E-state index is 1.03. The van der Waals surface area contributed by atoms with Crippen LogP contribution in [0.1, 0.15) is 66.8 Å². The van der Waals surface area contributed by atoms with Crippen molar-refractivity contribution in [2.45, 2.75) is 80.8 Å². The Hall–Kier alpha value is -7.96. The normalized spacial score (nSPS) is 11.4. The second-order valence-electron chi connectivity index (χ2n) is 24.3. The summed E-state index contributed by atoms with van der Waals surface area (Å²) < 4.78 is 8.55. The Kier molecular flexibility index (Phi) is 23.5. The van der Waals surface area contributed by atoms with E-state index in [9.17, 15) is 0 Å². The predicted molar refractivity (Wildman–Crippen MR) is 396 cm³/mol. The Labute approximate surface area is 550 Å². The fourth-order valence-electron chi connectivity index (χ4n) is 11.9. The SMILES string of the molecule is Cc1ccc([P+](Cc2ccccc2)(c2ccc(C)cc2)c2ccc(C)cc2)cc1.Cc1ccc([P+](Cc2ccccc2)(c2ccc(C)cc2)c2ccc(C)cc2)cc1.Cc1ccc([P+](Cc2ccccc2)(c2ccc(C)cc2)c2ccc(C)cc2)cc1.O=P([O-])([O-])[O-]. The van der Waals surface area contributed by atoms with E-state index in [0.29, 0.717) is 0 Å². The number of hydrogen-bond acceptors (Lipinski definition) is 4. The Balaban J connectivity index is 0.000000157. The van der Waals surface area contributed by atoms with Gasteiger partial charge in [0.25, 0.3) is 0 Å². The highest BCUT2D eigenvalue weighted by Gasteiger charge is 2.48. The standard InChI is InChI=1S/3C28H28P.H3O4P/c3*1-22-9-15-26(16-10-22)29(21-25-7-5-4-6-8-25,27-17-11-23(2)12-18-27)28-19-13-24(3)14-20-28;1-5(2,3)4/h3*4-20H,21H2,1-3H3;(H3,1,2,3,4)/q3*+1;/p-3. The first-order valence-corrected chi connectivity index (χ1v) is 38.8. The van der Waals surface area contributed by atoms with Crippen LogP contribution in [0, 0.1) is 62.3 Å². The number of benzene rings is 12. The smallest absolute Gasteiger partial charge is 0.116 e. The summed E-state index contributed by atoms with van der Waals surface area (Å²) in [6.07, 6.45) is 3.09. The van der Waals surface area contributed by atoms with Gasteiger partial charge in [0.1, 0.15) is 69.5 Å². The highest BCUT2D eigenvalue weighted by atomic mass is 31.2. The molecule has 0 unspecified atom stereocenters. The lowest BCUT2D eigenvalue weighted by molar-refractivity contribution is -0.432. The van der Waals surface area contributed by atoms with E-state index in [0.717, 1.165) is 18.5 Å². The minimum Gasteiger partial charge on any atom is -0.822 e. The zero-order chi connectivity index (χ0) is 65.3. The summed E-state index contributed by atoms with van der Waals surface area (Å²) in [5.41, 5.74) is 15.9. The van der Waals surface area contributed by atoms with Crippen LogP contribution < -0.4 is 62.4 Å². The molecular formula is C84H84O4P4. The summed E-state index contributed by atoms with van der Waals surface area (Å²) in [7, 11) is -10.9. The van der Waals surface area contributed by atoms with Crippen molar-refractivity contribution in [3.8, 4) is 0 Å². The molecule has 0 aliphatic rings. The third-order valence-corrected chi connectivity index (χ3v) is 30.2. The molecule has 4 nitrogen and oxygen atoms in total. The quantitative estimate of drug-likeness (QED) is 0.0957. The molecule has 0 spiro atoms. The van der Waals surface area contributed by atoms with Crippen LogP contribution in [-0.4, -0.2) is 0 Å². The van der Waals surface area contributed by atoms with Crippen LogP contribution in [0.5, 0.6) is 0 Å². The molecular weight excluding hydrogens is 1200 g/mol. The van der Waals surface area contributed by atoms with Crippen LogP contribution in [0.2, 0.25) is 0 Å². The van der Waals surface area contributed by atoms with E-state index in [4.69, 9.17) is 19.2 Å². The van der Waals surface area contributed by atoms with Gasteiger partial charge in [-0.05, 0) is 188 Å². The zero-order valence-electron chi connectivity index (χ0n) is 54.5. The molecule has 0 bridgehead atoms. The molecule has 8 heteroatoms. The molecule has 0 aliphatic heterocycles. The maximum absolute atomic E-state index is 8.55. The zero-order valence-corrected chi connectivity index (χ0v) is 58.1. The van der Waals surface area contributed by atoms with Crippen molar-refractivity contribution in [2.24, 2.45) is 0 Å². The number of phosphoric acid groups is 1. The summed E-state index contributed by atoms with van der Waals surface area (Å²) >= 11 is 0. The minimum atomic E-state index is -5.39. The van der Waals surface area contributed by atoms with Crippen molar-refractivity contribution < 1.29 is 19.2 Å². The van der Waals surface area contributed by atoms with Gasteiger partial charge in [0.05, 0.1) is 18.5 Å². The van der Waals surface area contributed by atoms with E-state index >= 15 is 0 Å². The molecule has 12 aromatic rings. The summed E-state index contributed by atoms with van der Waals surface area (Å²) in [5, 5.41) is 13.0. The molecule has 0 aliphatic carbocycles. The Morgan fingerprint density at radius 1 is 0.207 bits per heavy atom. The maximum Gasteiger partial charge on any atom is 0.116 e. The van der Waals surface area contributed by atoms with Gasteiger partial charge < -0.3 is 19.2 Å². The van der Waals surface area contributed by atoms with Crippen molar-refractivity contribution in [3.05, 3.63) is 376 Å². The fourth-order valence-corrected chi connectivity index (χ4v) is 24.5. The van der Waals surface area contributed by atoms with Gasteiger partial charge in [-0.1, -0.05) is 250 Å². The monoisotopic (exact) mass is 1280 g/mol. The summed E-state index contributed by atoms with van der Waals surface area (Å²) in [4.78, 5) is 25.6. The van der Waals surface area contributed by atoms with Crippen molar-refractivity contribution in [3.63, 3.8) is 0 Å². The van der Waals surface area contributed by atoms with Gasteiger partial charge >= 0.3 is 0 Å². The average molecular weight is 1280 g/mol. The molecule has 0 N–H and O–H groups in total. The largest absolute Gasteiger partial charge is 0.822 e. The first-order valence-electron chi connectivity index (χ1n) is 31.4. The van der Waals surface area contributed by atoms with E-state index < -0.39 is 29.6 Å². The van der Waals surface area contributed by atoms with Crippen LogP contribution in [0.3, 0.4) is 0 Å². The summed E-state index contributed by atoms with van der Waals surface area (Å²) in [6, 6.07) is 116. The topological polar surface area (TPSA) is 86.2 Å². The highest BCUT2D eigenvalue weighted by molar-refractivity contribution is 7.96. The fraction of sp³-hybridized carbons (Fsp3) is 0.143. The first-order chi connectivity index (χ1) is 44.2. The third-order valence-electron chi connectivity index (χ3n) is 17.1. The van der Waals surface area contributed by atoms with E-state index in [1.807, 2.05) is 0 Å². The molecule has 464 valence electrons. The van der Waals surface area contributed by atoms with Crippen molar-refractivity contribution in [2.75, 3.05) is 0 Å². The molecule has 12 aromatic carbocycles. The molecule has 0 radical (unpaired) electrons. The van der Waals surface area contributed by atoms with E-state index in [1.54, 1.807) is 0 Å². The lowest BCUT2D eigenvalue weighted by Gasteiger charge is -2.36. The van der Waals surface area contributed by atoms with Crippen LogP contribution in [-0.2, 0) is 23.1 Å². The predicted octanol–water partition coefficient (Wildman–Crippen LogP) is 15.5. The van der Waals surface area contributed by atoms with Gasteiger partial charge in [0.2, 0.25) is 0 Å². The molecule has 0 saturated carbocycles.